The van der Waals surface area contributed by atoms with Gasteiger partial charge in [0.15, 0.2) is 0 Å². The number of hydrogen-bond acceptors (Lipinski definition) is 4. The first-order valence-corrected chi connectivity index (χ1v) is 8.67. The highest BCUT2D eigenvalue weighted by Crippen LogP contribution is 2.37. The van der Waals surface area contributed by atoms with E-state index in [9.17, 15) is 14.4 Å². The Hall–Kier alpha value is -1.69. The molecule has 0 radical (unpaired) electrons. The van der Waals surface area contributed by atoms with Gasteiger partial charge in [-0.3, -0.25) is 19.3 Å². The summed E-state index contributed by atoms with van der Waals surface area (Å²) in [4.78, 5) is 37.8. The number of halogens is 1. The third-order valence-corrected chi connectivity index (χ3v) is 4.99. The number of amides is 2. The largest absolute Gasteiger partial charge is 0.426 e. The molecule has 1 aromatic carbocycles. The van der Waals surface area contributed by atoms with E-state index >= 15 is 0 Å². The second-order valence-corrected chi connectivity index (χ2v) is 6.92. The lowest BCUT2D eigenvalue weighted by Gasteiger charge is -2.19. The third kappa shape index (κ3) is 3.47. The van der Waals surface area contributed by atoms with Crippen LogP contribution < -0.4 is 4.74 Å². The predicted octanol–water partition coefficient (Wildman–Crippen LogP) is 2.92. The number of likely N-dealkylation sites (tertiary alicyclic amines) is 1. The lowest BCUT2D eigenvalue weighted by atomic mass is 9.81. The van der Waals surface area contributed by atoms with E-state index in [-0.39, 0.29) is 36.6 Å². The van der Waals surface area contributed by atoms with Gasteiger partial charge in [0, 0.05) is 11.0 Å². The van der Waals surface area contributed by atoms with Crippen LogP contribution in [0.5, 0.6) is 5.75 Å². The second kappa shape index (κ2) is 6.83. The van der Waals surface area contributed by atoms with Gasteiger partial charge >= 0.3 is 5.97 Å². The molecule has 0 aromatic heterocycles. The maximum Gasteiger partial charge on any atom is 0.312 e. The zero-order chi connectivity index (χ0) is 16.4. The average molecular weight is 380 g/mol. The van der Waals surface area contributed by atoms with E-state index in [1.807, 2.05) is 6.07 Å². The fourth-order valence-corrected chi connectivity index (χ4v) is 3.75. The Bertz CT molecular complexity index is 621. The van der Waals surface area contributed by atoms with Crippen LogP contribution in [0.2, 0.25) is 0 Å². The maximum absolute atomic E-state index is 12.3. The van der Waals surface area contributed by atoms with Crippen molar-refractivity contribution in [3.05, 3.63) is 28.7 Å². The highest BCUT2D eigenvalue weighted by atomic mass is 79.9. The first kappa shape index (κ1) is 16.2. The summed E-state index contributed by atoms with van der Waals surface area (Å²) in [6.07, 6.45) is 3.59. The molecule has 122 valence electrons. The number of carbonyl (C=O) groups excluding carboxylic acids is 3. The van der Waals surface area contributed by atoms with Crippen LogP contribution in [-0.2, 0) is 14.4 Å². The van der Waals surface area contributed by atoms with Gasteiger partial charge in [-0.1, -0.05) is 34.8 Å². The molecule has 1 aliphatic carbocycles. The Kier molecular flexibility index (Phi) is 4.80. The fraction of sp³-hybridized carbons (Fsp3) is 0.471. The molecule has 0 N–H and O–H groups in total. The van der Waals surface area contributed by atoms with E-state index in [1.54, 1.807) is 18.2 Å². The number of carbonyl (C=O) groups is 3. The van der Waals surface area contributed by atoms with Crippen LogP contribution in [-0.4, -0.2) is 29.2 Å². The van der Waals surface area contributed by atoms with Gasteiger partial charge in [0.05, 0.1) is 18.3 Å². The van der Waals surface area contributed by atoms with E-state index in [2.05, 4.69) is 15.9 Å². The molecule has 2 aliphatic rings. The van der Waals surface area contributed by atoms with Gasteiger partial charge in [0.25, 0.3) is 0 Å². The molecule has 1 saturated heterocycles. The quantitative estimate of drug-likeness (QED) is 0.458. The molecule has 1 heterocycles. The minimum absolute atomic E-state index is 0.0173. The second-order valence-electron chi connectivity index (χ2n) is 6.01. The van der Waals surface area contributed by atoms with Crippen molar-refractivity contribution in [3.8, 4) is 5.75 Å². The van der Waals surface area contributed by atoms with Crippen molar-refractivity contribution in [3.63, 3.8) is 0 Å². The number of ether oxygens (including phenoxy) is 1. The molecule has 3 rings (SSSR count). The Labute approximate surface area is 143 Å². The van der Waals surface area contributed by atoms with Crippen molar-refractivity contribution >= 4 is 33.7 Å². The molecular formula is C17H18BrNO4. The number of imide groups is 1. The molecule has 1 aliphatic heterocycles. The van der Waals surface area contributed by atoms with Crippen molar-refractivity contribution in [1.82, 2.24) is 4.90 Å². The summed E-state index contributed by atoms with van der Waals surface area (Å²) in [7, 11) is 0. The molecule has 1 aromatic rings. The molecule has 2 amide bonds. The maximum atomic E-state index is 12.3. The number of rotatable bonds is 4. The van der Waals surface area contributed by atoms with Gasteiger partial charge in [-0.25, -0.2) is 0 Å². The predicted molar refractivity (Wildman–Crippen MR) is 86.6 cm³/mol. The lowest BCUT2D eigenvalue weighted by Crippen LogP contribution is -2.33. The zero-order valence-electron chi connectivity index (χ0n) is 12.7. The summed E-state index contributed by atoms with van der Waals surface area (Å²) in [5.74, 6) is -0.574. The van der Waals surface area contributed by atoms with Crippen LogP contribution in [0.15, 0.2) is 28.7 Å². The van der Waals surface area contributed by atoms with Crippen LogP contribution in [0.4, 0.5) is 0 Å². The number of fused-ring (bicyclic) bond motifs is 1. The number of nitrogens with zero attached hydrogens (tertiary/aromatic N) is 1. The number of hydrogen-bond donors (Lipinski definition) is 0. The zero-order valence-corrected chi connectivity index (χ0v) is 14.3. The first-order valence-electron chi connectivity index (χ1n) is 7.88. The van der Waals surface area contributed by atoms with Crippen molar-refractivity contribution in [2.24, 2.45) is 11.8 Å². The van der Waals surface area contributed by atoms with E-state index in [1.165, 1.54) is 4.90 Å². The SMILES string of the molecule is O=C(CCN1C(=O)[C@@H]2CCCC[C@H]2C1=O)Oc1cccc(Br)c1. The highest BCUT2D eigenvalue weighted by molar-refractivity contribution is 9.10. The summed E-state index contributed by atoms with van der Waals surface area (Å²) >= 11 is 3.31. The first-order chi connectivity index (χ1) is 11.1. The minimum atomic E-state index is -0.446. The molecule has 0 spiro atoms. The van der Waals surface area contributed by atoms with Gasteiger partial charge in [-0.15, -0.1) is 0 Å². The molecule has 6 heteroatoms. The van der Waals surface area contributed by atoms with E-state index < -0.39 is 5.97 Å². The van der Waals surface area contributed by atoms with Crippen molar-refractivity contribution < 1.29 is 19.1 Å². The minimum Gasteiger partial charge on any atom is -0.426 e. The van der Waals surface area contributed by atoms with Crippen LogP contribution >= 0.6 is 15.9 Å². The van der Waals surface area contributed by atoms with Gasteiger partial charge in [0.1, 0.15) is 5.75 Å². The Morgan fingerprint density at radius 3 is 2.43 bits per heavy atom. The molecule has 0 bridgehead atoms. The average Bonchev–Trinajstić information content (AvgIpc) is 2.77. The topological polar surface area (TPSA) is 63.7 Å². The molecule has 2 fully saturated rings. The van der Waals surface area contributed by atoms with E-state index in [0.717, 1.165) is 30.2 Å². The number of esters is 1. The summed E-state index contributed by atoms with van der Waals surface area (Å²) in [6.45, 7) is 0.109. The normalized spacial score (nSPS) is 23.8. The summed E-state index contributed by atoms with van der Waals surface area (Å²) in [5, 5.41) is 0. The molecule has 2 atom stereocenters. The number of benzene rings is 1. The van der Waals surface area contributed by atoms with Crippen LogP contribution in [0.3, 0.4) is 0 Å². The molecule has 23 heavy (non-hydrogen) atoms. The molecule has 5 nitrogen and oxygen atoms in total. The van der Waals surface area contributed by atoms with Crippen molar-refractivity contribution in [1.29, 1.82) is 0 Å². The molecule has 1 saturated carbocycles. The van der Waals surface area contributed by atoms with Gasteiger partial charge in [-0.05, 0) is 31.0 Å². The van der Waals surface area contributed by atoms with Crippen LogP contribution in [0.25, 0.3) is 0 Å². The van der Waals surface area contributed by atoms with Crippen molar-refractivity contribution in [2.45, 2.75) is 32.1 Å². The fourth-order valence-electron chi connectivity index (χ4n) is 3.37. The smallest absolute Gasteiger partial charge is 0.312 e. The third-order valence-electron chi connectivity index (χ3n) is 4.50. The van der Waals surface area contributed by atoms with Crippen LogP contribution in [0.1, 0.15) is 32.1 Å². The van der Waals surface area contributed by atoms with Crippen LogP contribution in [0, 0.1) is 11.8 Å². The highest BCUT2D eigenvalue weighted by Gasteiger charge is 2.47. The Balaban J connectivity index is 1.56. The van der Waals surface area contributed by atoms with E-state index in [4.69, 9.17) is 4.74 Å². The van der Waals surface area contributed by atoms with Gasteiger partial charge < -0.3 is 4.74 Å². The summed E-state index contributed by atoms with van der Waals surface area (Å²) in [6, 6.07) is 6.98. The Morgan fingerprint density at radius 1 is 1.17 bits per heavy atom. The van der Waals surface area contributed by atoms with Gasteiger partial charge in [-0.2, -0.15) is 0 Å². The molecule has 0 unspecified atom stereocenters. The monoisotopic (exact) mass is 379 g/mol. The summed E-state index contributed by atoms with van der Waals surface area (Å²) < 4.78 is 6.04. The van der Waals surface area contributed by atoms with Crippen molar-refractivity contribution in [2.75, 3.05) is 6.54 Å². The lowest BCUT2D eigenvalue weighted by molar-refractivity contribution is -0.141. The van der Waals surface area contributed by atoms with Gasteiger partial charge in [0.2, 0.25) is 11.8 Å². The summed E-state index contributed by atoms with van der Waals surface area (Å²) in [5.41, 5.74) is 0. The Morgan fingerprint density at radius 2 is 1.83 bits per heavy atom. The molecular weight excluding hydrogens is 362 g/mol. The van der Waals surface area contributed by atoms with E-state index in [0.29, 0.717) is 5.75 Å². The standard InChI is InChI=1S/C17H18BrNO4/c18-11-4-3-5-12(10-11)23-15(20)8-9-19-16(21)13-6-1-2-7-14(13)17(19)22/h3-5,10,13-14H,1-2,6-9H2/t13-,14-/m1/s1.